The number of piperazine rings is 1. The van der Waals surface area contributed by atoms with Gasteiger partial charge in [0.15, 0.2) is 0 Å². The van der Waals surface area contributed by atoms with Crippen LogP contribution in [0.5, 0.6) is 5.75 Å². The highest BCUT2D eigenvalue weighted by atomic mass is 35.5. The fourth-order valence-electron chi connectivity index (χ4n) is 3.54. The van der Waals surface area contributed by atoms with E-state index in [4.69, 9.17) is 10.5 Å². The first-order valence-corrected chi connectivity index (χ1v) is 10.0. The Bertz CT molecular complexity index is 718. The fourth-order valence-corrected chi connectivity index (χ4v) is 4.97. The molecule has 2 N–H and O–H groups in total. The predicted octanol–water partition coefficient (Wildman–Crippen LogP) is 1.08. The van der Waals surface area contributed by atoms with Crippen LogP contribution in [0.4, 0.5) is 0 Å². The van der Waals surface area contributed by atoms with Crippen LogP contribution >= 0.6 is 12.4 Å². The number of benzene rings is 1. The maximum absolute atomic E-state index is 12.7. The maximum atomic E-state index is 12.7. The third-order valence-electron chi connectivity index (χ3n) is 5.07. The Morgan fingerprint density at radius 3 is 2.23 bits per heavy atom. The van der Waals surface area contributed by atoms with E-state index in [9.17, 15) is 13.2 Å². The molecule has 1 amide bonds. The van der Waals surface area contributed by atoms with Gasteiger partial charge in [0.1, 0.15) is 5.75 Å². The van der Waals surface area contributed by atoms with Gasteiger partial charge >= 0.3 is 0 Å². The van der Waals surface area contributed by atoms with Crippen molar-refractivity contribution in [1.82, 2.24) is 9.21 Å². The van der Waals surface area contributed by atoms with Crippen molar-refractivity contribution in [3.05, 3.63) is 24.3 Å². The standard InChI is InChI=1S/C17H25N3O4S.ClH/c1-24-15-4-6-16(7-5-15)25(22,23)20-10-8-19(9-11-20)17(21)13-2-3-14(18)12-13;/h4-7,13-14H,2-3,8-12,18H2,1H3;1H. The van der Waals surface area contributed by atoms with Crippen molar-refractivity contribution in [3.63, 3.8) is 0 Å². The summed E-state index contributed by atoms with van der Waals surface area (Å²) in [5.74, 6) is 0.735. The van der Waals surface area contributed by atoms with Gasteiger partial charge in [-0.05, 0) is 43.5 Å². The number of carbonyl (C=O) groups is 1. The number of hydrogen-bond donors (Lipinski definition) is 1. The smallest absolute Gasteiger partial charge is 0.243 e. The first kappa shape index (κ1) is 21.0. The predicted molar refractivity (Wildman–Crippen MR) is 101 cm³/mol. The second-order valence-electron chi connectivity index (χ2n) is 6.67. The number of carbonyl (C=O) groups excluding carboxylic acids is 1. The Morgan fingerprint density at radius 2 is 1.73 bits per heavy atom. The molecule has 1 aromatic carbocycles. The lowest BCUT2D eigenvalue weighted by Crippen LogP contribution is -2.51. The van der Waals surface area contributed by atoms with E-state index < -0.39 is 10.0 Å². The summed E-state index contributed by atoms with van der Waals surface area (Å²) >= 11 is 0. The summed E-state index contributed by atoms with van der Waals surface area (Å²) in [4.78, 5) is 14.6. The molecule has 0 radical (unpaired) electrons. The molecule has 3 rings (SSSR count). The number of sulfonamides is 1. The average Bonchev–Trinajstić information content (AvgIpc) is 3.07. The first-order chi connectivity index (χ1) is 11.9. The van der Waals surface area contributed by atoms with Gasteiger partial charge in [-0.3, -0.25) is 4.79 Å². The fraction of sp³-hybridized carbons (Fsp3) is 0.588. The van der Waals surface area contributed by atoms with Gasteiger partial charge in [0, 0.05) is 38.1 Å². The highest BCUT2D eigenvalue weighted by molar-refractivity contribution is 7.89. The second kappa shape index (κ2) is 8.56. The molecule has 2 fully saturated rings. The van der Waals surface area contributed by atoms with Gasteiger partial charge in [-0.1, -0.05) is 0 Å². The van der Waals surface area contributed by atoms with Crippen molar-refractivity contribution >= 4 is 28.3 Å². The molecule has 2 unspecified atom stereocenters. The van der Waals surface area contributed by atoms with E-state index in [1.807, 2.05) is 0 Å². The Hall–Kier alpha value is -1.35. The van der Waals surface area contributed by atoms with Crippen LogP contribution in [0.1, 0.15) is 19.3 Å². The summed E-state index contributed by atoms with van der Waals surface area (Å²) < 4.78 is 32.0. The van der Waals surface area contributed by atoms with Crippen LogP contribution in [0.3, 0.4) is 0 Å². The molecule has 1 aliphatic carbocycles. The molecule has 0 bridgehead atoms. The minimum absolute atomic E-state index is 0. The molecule has 7 nitrogen and oxygen atoms in total. The summed E-state index contributed by atoms with van der Waals surface area (Å²) in [6, 6.07) is 6.48. The summed E-state index contributed by atoms with van der Waals surface area (Å²) in [5.41, 5.74) is 5.89. The summed E-state index contributed by atoms with van der Waals surface area (Å²) in [6.45, 7) is 1.50. The second-order valence-corrected chi connectivity index (χ2v) is 8.61. The summed E-state index contributed by atoms with van der Waals surface area (Å²) in [5, 5.41) is 0. The van der Waals surface area contributed by atoms with E-state index in [2.05, 4.69) is 0 Å². The van der Waals surface area contributed by atoms with E-state index in [1.54, 1.807) is 29.2 Å². The van der Waals surface area contributed by atoms with E-state index >= 15 is 0 Å². The zero-order valence-electron chi connectivity index (χ0n) is 14.8. The van der Waals surface area contributed by atoms with E-state index in [0.29, 0.717) is 31.9 Å². The molecule has 0 spiro atoms. The van der Waals surface area contributed by atoms with Gasteiger partial charge in [-0.2, -0.15) is 4.31 Å². The van der Waals surface area contributed by atoms with Crippen LogP contribution in [0.25, 0.3) is 0 Å². The zero-order chi connectivity index (χ0) is 18.0. The number of halogens is 1. The highest BCUT2D eigenvalue weighted by Crippen LogP contribution is 2.27. The molecule has 1 saturated heterocycles. The molecule has 9 heteroatoms. The largest absolute Gasteiger partial charge is 0.497 e. The SMILES string of the molecule is COc1ccc(S(=O)(=O)N2CCN(C(=O)C3CCC(N)C3)CC2)cc1.Cl. The summed E-state index contributed by atoms with van der Waals surface area (Å²) in [7, 11) is -2.01. The number of methoxy groups -OCH3 is 1. The van der Waals surface area contributed by atoms with Gasteiger partial charge in [0.05, 0.1) is 12.0 Å². The van der Waals surface area contributed by atoms with Crippen molar-refractivity contribution in [2.45, 2.75) is 30.2 Å². The number of amides is 1. The molecule has 1 heterocycles. The summed E-state index contributed by atoms with van der Waals surface area (Å²) in [6.07, 6.45) is 2.47. The quantitative estimate of drug-likeness (QED) is 0.811. The lowest BCUT2D eigenvalue weighted by molar-refractivity contribution is -0.136. The van der Waals surface area contributed by atoms with Crippen molar-refractivity contribution in [2.75, 3.05) is 33.3 Å². The number of ether oxygens (including phenoxy) is 1. The molecule has 1 saturated carbocycles. The van der Waals surface area contributed by atoms with Gasteiger partial charge in [-0.25, -0.2) is 8.42 Å². The third kappa shape index (κ3) is 4.31. The molecular weight excluding hydrogens is 378 g/mol. The van der Waals surface area contributed by atoms with Crippen LogP contribution in [0.15, 0.2) is 29.2 Å². The number of hydrogen-bond acceptors (Lipinski definition) is 5. The number of nitrogens with zero attached hydrogens (tertiary/aromatic N) is 2. The Kier molecular flexibility index (Phi) is 6.90. The average molecular weight is 404 g/mol. The molecule has 26 heavy (non-hydrogen) atoms. The Labute approximate surface area is 160 Å². The van der Waals surface area contributed by atoms with Crippen molar-refractivity contribution in [2.24, 2.45) is 11.7 Å². The number of nitrogens with two attached hydrogens (primary N) is 1. The van der Waals surface area contributed by atoms with Crippen molar-refractivity contribution in [1.29, 1.82) is 0 Å². The highest BCUT2D eigenvalue weighted by Gasteiger charge is 2.35. The van der Waals surface area contributed by atoms with E-state index in [-0.39, 0.29) is 35.2 Å². The minimum Gasteiger partial charge on any atom is -0.497 e. The molecule has 1 aliphatic heterocycles. The van der Waals surface area contributed by atoms with Crippen molar-refractivity contribution < 1.29 is 17.9 Å². The Morgan fingerprint density at radius 1 is 1.12 bits per heavy atom. The number of rotatable bonds is 4. The van der Waals surface area contributed by atoms with Gasteiger partial charge in [0.25, 0.3) is 0 Å². The molecule has 146 valence electrons. The first-order valence-electron chi connectivity index (χ1n) is 8.60. The lowest BCUT2D eigenvalue weighted by atomic mass is 10.1. The Balaban J connectivity index is 0.00000243. The van der Waals surface area contributed by atoms with Crippen molar-refractivity contribution in [3.8, 4) is 5.75 Å². The van der Waals surface area contributed by atoms with Gasteiger partial charge in [0.2, 0.25) is 15.9 Å². The van der Waals surface area contributed by atoms with Crippen LogP contribution in [0, 0.1) is 5.92 Å². The topological polar surface area (TPSA) is 92.9 Å². The van der Waals surface area contributed by atoms with Gasteiger partial charge in [-0.15, -0.1) is 12.4 Å². The molecule has 1 aromatic rings. The molecule has 0 aromatic heterocycles. The van der Waals surface area contributed by atoms with Crippen LogP contribution < -0.4 is 10.5 Å². The van der Waals surface area contributed by atoms with E-state index in [0.717, 1.165) is 19.3 Å². The molecule has 2 atom stereocenters. The van der Waals surface area contributed by atoms with Crippen LogP contribution in [-0.4, -0.2) is 62.9 Å². The van der Waals surface area contributed by atoms with E-state index in [1.165, 1.54) is 11.4 Å². The maximum Gasteiger partial charge on any atom is 0.243 e. The lowest BCUT2D eigenvalue weighted by Gasteiger charge is -2.35. The zero-order valence-corrected chi connectivity index (χ0v) is 16.5. The van der Waals surface area contributed by atoms with Gasteiger partial charge < -0.3 is 15.4 Å². The monoisotopic (exact) mass is 403 g/mol. The molecular formula is C17H26ClN3O4S. The molecule has 2 aliphatic rings. The third-order valence-corrected chi connectivity index (χ3v) is 6.98. The normalized spacial score (nSPS) is 24.2. The van der Waals surface area contributed by atoms with Crippen LogP contribution in [0.2, 0.25) is 0 Å². The minimum atomic E-state index is -3.54. The van der Waals surface area contributed by atoms with Crippen LogP contribution in [-0.2, 0) is 14.8 Å².